The summed E-state index contributed by atoms with van der Waals surface area (Å²) in [6, 6.07) is 11.1. The van der Waals surface area contributed by atoms with Gasteiger partial charge in [-0.15, -0.1) is 0 Å². The van der Waals surface area contributed by atoms with Crippen molar-refractivity contribution >= 4 is 34.9 Å². The maximum Gasteiger partial charge on any atom is 0.258 e. The van der Waals surface area contributed by atoms with E-state index in [4.69, 9.17) is 4.74 Å². The SMILES string of the molecule is CCCC(C)c1ccc(C(=O)Nc2nc3ccc(C=O)cc3[nH]2)cc1N1C/C=C/C=C\C=C(/C)OCC1. The number of aldehydes is 1. The van der Waals surface area contributed by atoms with Gasteiger partial charge in [0.1, 0.15) is 12.9 Å². The van der Waals surface area contributed by atoms with Crippen LogP contribution in [-0.4, -0.2) is 41.9 Å². The van der Waals surface area contributed by atoms with Crippen LogP contribution in [0.1, 0.15) is 65.8 Å². The van der Waals surface area contributed by atoms with E-state index >= 15 is 0 Å². The van der Waals surface area contributed by atoms with E-state index in [0.29, 0.717) is 53.7 Å². The van der Waals surface area contributed by atoms with Crippen molar-refractivity contribution in [1.82, 2.24) is 9.97 Å². The average Bonchev–Trinajstić information content (AvgIpc) is 3.28. The highest BCUT2D eigenvalue weighted by atomic mass is 16.5. The predicted molar refractivity (Wildman–Crippen MR) is 149 cm³/mol. The molecular weight excluding hydrogens is 464 g/mol. The highest BCUT2D eigenvalue weighted by Gasteiger charge is 2.19. The summed E-state index contributed by atoms with van der Waals surface area (Å²) < 4.78 is 5.90. The molecule has 1 atom stereocenters. The van der Waals surface area contributed by atoms with Gasteiger partial charge in [-0.25, -0.2) is 4.98 Å². The topological polar surface area (TPSA) is 87.3 Å². The number of ether oxygens (including phenoxy) is 1. The fraction of sp³-hybridized carbons (Fsp3) is 0.300. The first-order valence-electron chi connectivity index (χ1n) is 12.8. The molecule has 7 heteroatoms. The Morgan fingerprint density at radius 1 is 1.22 bits per heavy atom. The largest absolute Gasteiger partial charge is 0.496 e. The summed E-state index contributed by atoms with van der Waals surface area (Å²) in [5.41, 5.74) is 4.72. The monoisotopic (exact) mass is 498 g/mol. The average molecular weight is 499 g/mol. The molecule has 0 saturated carbocycles. The van der Waals surface area contributed by atoms with E-state index in [1.54, 1.807) is 18.2 Å². The number of hydrogen-bond acceptors (Lipinski definition) is 5. The summed E-state index contributed by atoms with van der Waals surface area (Å²) >= 11 is 0. The fourth-order valence-corrected chi connectivity index (χ4v) is 4.50. The van der Waals surface area contributed by atoms with Crippen molar-refractivity contribution in [2.45, 2.75) is 39.5 Å². The quantitative estimate of drug-likeness (QED) is 0.369. The third-order valence-electron chi connectivity index (χ3n) is 6.47. The molecule has 1 aliphatic rings. The highest BCUT2D eigenvalue weighted by molar-refractivity contribution is 6.04. The number of fused-ring (bicyclic) bond motifs is 1. The molecule has 1 amide bonds. The van der Waals surface area contributed by atoms with Gasteiger partial charge in [-0.1, -0.05) is 50.6 Å². The van der Waals surface area contributed by atoms with E-state index in [0.717, 1.165) is 30.6 Å². The van der Waals surface area contributed by atoms with Gasteiger partial charge in [-0.2, -0.15) is 0 Å². The molecule has 1 aromatic heterocycles. The number of nitrogens with zero attached hydrogens (tertiary/aromatic N) is 2. The maximum atomic E-state index is 13.3. The van der Waals surface area contributed by atoms with Crippen molar-refractivity contribution in [2.24, 2.45) is 0 Å². The lowest BCUT2D eigenvalue weighted by atomic mass is 9.93. The second kappa shape index (κ2) is 12.2. The number of nitrogens with one attached hydrogen (secondary N) is 2. The molecule has 4 rings (SSSR count). The number of amides is 1. The van der Waals surface area contributed by atoms with E-state index in [2.05, 4.69) is 46.2 Å². The van der Waals surface area contributed by atoms with Gasteiger partial charge in [0, 0.05) is 23.4 Å². The number of allylic oxidation sites excluding steroid dienone is 5. The van der Waals surface area contributed by atoms with E-state index in [1.165, 1.54) is 5.56 Å². The number of benzene rings is 2. The first kappa shape index (κ1) is 25.9. The van der Waals surface area contributed by atoms with Crippen molar-refractivity contribution in [2.75, 3.05) is 29.9 Å². The first-order chi connectivity index (χ1) is 18.0. The minimum atomic E-state index is -0.253. The van der Waals surface area contributed by atoms with Crippen LogP contribution in [0.15, 0.2) is 72.5 Å². The van der Waals surface area contributed by atoms with Gasteiger partial charge in [-0.05, 0) is 61.2 Å². The molecule has 37 heavy (non-hydrogen) atoms. The van der Waals surface area contributed by atoms with Crippen LogP contribution >= 0.6 is 0 Å². The Hall–Kier alpha value is -4.13. The number of hydrogen-bond donors (Lipinski definition) is 2. The minimum absolute atomic E-state index is 0.253. The summed E-state index contributed by atoms with van der Waals surface area (Å²) in [5.74, 6) is 1.31. The molecule has 0 fully saturated rings. The van der Waals surface area contributed by atoms with Crippen molar-refractivity contribution in [1.29, 1.82) is 0 Å². The molecule has 3 aromatic rings. The van der Waals surface area contributed by atoms with Crippen LogP contribution in [0.3, 0.4) is 0 Å². The van der Waals surface area contributed by atoms with Crippen LogP contribution in [-0.2, 0) is 4.74 Å². The second-order valence-corrected chi connectivity index (χ2v) is 9.28. The molecule has 2 heterocycles. The number of rotatable bonds is 7. The summed E-state index contributed by atoms with van der Waals surface area (Å²) in [7, 11) is 0. The van der Waals surface area contributed by atoms with E-state index in [1.807, 2.05) is 43.4 Å². The Kier molecular flexibility index (Phi) is 8.56. The number of aromatic amines is 1. The van der Waals surface area contributed by atoms with E-state index in [-0.39, 0.29) is 5.91 Å². The molecule has 0 aliphatic carbocycles. The lowest BCUT2D eigenvalue weighted by Crippen LogP contribution is -2.29. The summed E-state index contributed by atoms with van der Waals surface area (Å²) in [6.45, 7) is 8.31. The zero-order valence-corrected chi connectivity index (χ0v) is 21.7. The standard InChI is InChI=1S/C30H34N4O3/c1-4-9-21(2)25-13-12-24(19-28(25)34-15-8-6-5-7-10-22(3)37-17-16-34)29(36)33-30-31-26-14-11-23(20-35)18-27(26)32-30/h5-8,10-14,18-21H,4,9,15-17H2,1-3H3,(H2,31,32,33,36)/b7-5-,8-6+,22-10+. The fourth-order valence-electron chi connectivity index (χ4n) is 4.50. The van der Waals surface area contributed by atoms with Crippen molar-refractivity contribution in [3.05, 3.63) is 89.2 Å². The third-order valence-corrected chi connectivity index (χ3v) is 6.47. The van der Waals surface area contributed by atoms with E-state index in [9.17, 15) is 9.59 Å². The van der Waals surface area contributed by atoms with Gasteiger partial charge < -0.3 is 14.6 Å². The maximum absolute atomic E-state index is 13.3. The van der Waals surface area contributed by atoms with Gasteiger partial charge >= 0.3 is 0 Å². The zero-order chi connectivity index (χ0) is 26.2. The lowest BCUT2D eigenvalue weighted by Gasteiger charge is -2.28. The van der Waals surface area contributed by atoms with Crippen LogP contribution in [0.25, 0.3) is 11.0 Å². The normalized spacial score (nSPS) is 18.1. The number of carbonyl (C=O) groups is 2. The zero-order valence-electron chi connectivity index (χ0n) is 21.7. The molecule has 1 unspecified atom stereocenters. The van der Waals surface area contributed by atoms with Crippen LogP contribution in [0.5, 0.6) is 0 Å². The van der Waals surface area contributed by atoms with Crippen LogP contribution in [0.4, 0.5) is 11.6 Å². The summed E-state index contributed by atoms with van der Waals surface area (Å²) in [6.07, 6.45) is 13.0. The molecule has 7 nitrogen and oxygen atoms in total. The molecule has 1 aliphatic heterocycles. The Balaban J connectivity index is 1.63. The first-order valence-corrected chi connectivity index (χ1v) is 12.8. The van der Waals surface area contributed by atoms with Gasteiger partial charge in [0.15, 0.2) is 0 Å². The molecule has 2 aromatic carbocycles. The number of imidazole rings is 1. The third kappa shape index (κ3) is 6.55. The number of aromatic nitrogens is 2. The second-order valence-electron chi connectivity index (χ2n) is 9.28. The Labute approximate surface area is 217 Å². The van der Waals surface area contributed by atoms with Crippen molar-refractivity contribution in [3.8, 4) is 0 Å². The predicted octanol–water partition coefficient (Wildman–Crippen LogP) is 6.38. The highest BCUT2D eigenvalue weighted by Crippen LogP contribution is 2.32. The number of H-pyrrole nitrogens is 1. The van der Waals surface area contributed by atoms with Crippen molar-refractivity contribution in [3.63, 3.8) is 0 Å². The molecule has 0 radical (unpaired) electrons. The summed E-state index contributed by atoms with van der Waals surface area (Å²) in [5, 5.41) is 2.88. The number of anilines is 2. The molecule has 2 N–H and O–H groups in total. The Bertz CT molecular complexity index is 1350. The lowest BCUT2D eigenvalue weighted by molar-refractivity contribution is 0.102. The molecule has 0 bridgehead atoms. The van der Waals surface area contributed by atoms with Crippen LogP contribution in [0, 0.1) is 0 Å². The van der Waals surface area contributed by atoms with Gasteiger partial charge in [0.05, 0.1) is 23.3 Å². The Morgan fingerprint density at radius 2 is 2.08 bits per heavy atom. The van der Waals surface area contributed by atoms with Gasteiger partial charge in [0.2, 0.25) is 5.95 Å². The number of carbonyl (C=O) groups excluding carboxylic acids is 2. The Morgan fingerprint density at radius 3 is 2.89 bits per heavy atom. The molecule has 0 saturated heterocycles. The van der Waals surface area contributed by atoms with Crippen LogP contribution in [0.2, 0.25) is 0 Å². The molecule has 0 spiro atoms. The van der Waals surface area contributed by atoms with Gasteiger partial charge in [0.25, 0.3) is 5.91 Å². The summed E-state index contributed by atoms with van der Waals surface area (Å²) in [4.78, 5) is 34.1. The van der Waals surface area contributed by atoms with Crippen molar-refractivity contribution < 1.29 is 14.3 Å². The van der Waals surface area contributed by atoms with Crippen LogP contribution < -0.4 is 10.2 Å². The van der Waals surface area contributed by atoms with Gasteiger partial charge in [-0.3, -0.25) is 14.9 Å². The smallest absolute Gasteiger partial charge is 0.258 e. The van der Waals surface area contributed by atoms with E-state index < -0.39 is 0 Å². The molecule has 192 valence electrons. The minimum Gasteiger partial charge on any atom is -0.496 e. The molecular formula is C30H34N4O3.